The Morgan fingerprint density at radius 2 is 1.95 bits per heavy atom. The van der Waals surface area contributed by atoms with E-state index in [1.807, 2.05) is 6.92 Å². The van der Waals surface area contributed by atoms with Crippen LogP contribution in [0.1, 0.15) is 18.1 Å². The summed E-state index contributed by atoms with van der Waals surface area (Å²) < 4.78 is 12.7. The second-order valence-electron chi connectivity index (χ2n) is 7.58. The van der Waals surface area contributed by atoms with Crippen molar-refractivity contribution >= 4 is 90.8 Å². The molecule has 0 aromatic heterocycles. The van der Waals surface area contributed by atoms with Gasteiger partial charge in [-0.2, -0.15) is 0 Å². The average Bonchev–Trinajstić information content (AvgIpc) is 3.12. The molecule has 0 N–H and O–H groups in total. The minimum atomic E-state index is -0.520. The fourth-order valence-corrected chi connectivity index (χ4v) is 5.79. The predicted octanol–water partition coefficient (Wildman–Crippen LogP) is 8.05. The number of non-ortho nitro benzene ring substituents is 1. The number of amides is 1. The molecule has 4 rings (SSSR count). The van der Waals surface area contributed by atoms with Gasteiger partial charge in [-0.25, -0.2) is 0 Å². The minimum absolute atomic E-state index is 0.128. The van der Waals surface area contributed by atoms with Crippen molar-refractivity contribution in [3.05, 3.63) is 95.3 Å². The van der Waals surface area contributed by atoms with Crippen LogP contribution in [0.3, 0.4) is 0 Å². The van der Waals surface area contributed by atoms with Gasteiger partial charge in [0.15, 0.2) is 15.8 Å². The highest BCUT2D eigenvalue weighted by molar-refractivity contribution is 9.10. The average molecular weight is 640 g/mol. The summed E-state index contributed by atoms with van der Waals surface area (Å²) >= 11 is 22.3. The van der Waals surface area contributed by atoms with Crippen molar-refractivity contribution in [2.45, 2.75) is 13.5 Å². The molecule has 0 saturated carbocycles. The maximum absolute atomic E-state index is 13.2. The van der Waals surface area contributed by atoms with Crippen molar-refractivity contribution in [2.24, 2.45) is 0 Å². The molecule has 1 aliphatic heterocycles. The van der Waals surface area contributed by atoms with E-state index in [0.717, 1.165) is 17.3 Å². The van der Waals surface area contributed by atoms with Gasteiger partial charge in [-0.15, -0.1) is 0 Å². The summed E-state index contributed by atoms with van der Waals surface area (Å²) in [5, 5.41) is 12.2. The molecule has 37 heavy (non-hydrogen) atoms. The maximum atomic E-state index is 13.2. The molecule has 12 heteroatoms. The third kappa shape index (κ3) is 6.27. The zero-order chi connectivity index (χ0) is 26.7. The molecular weight excluding hydrogens is 623 g/mol. The normalized spacial score (nSPS) is 14.4. The van der Waals surface area contributed by atoms with Gasteiger partial charge >= 0.3 is 0 Å². The number of benzene rings is 3. The zero-order valence-corrected chi connectivity index (χ0v) is 23.8. The van der Waals surface area contributed by atoms with Crippen molar-refractivity contribution < 1.29 is 19.2 Å². The van der Waals surface area contributed by atoms with Crippen molar-refractivity contribution in [2.75, 3.05) is 11.5 Å². The number of thiocarbonyl (C=S) groups is 1. The Hall–Kier alpha value is -2.63. The van der Waals surface area contributed by atoms with Gasteiger partial charge in [-0.05, 0) is 64.8 Å². The molecule has 0 unspecified atom stereocenters. The van der Waals surface area contributed by atoms with Crippen LogP contribution in [0, 0.1) is 10.1 Å². The molecule has 190 valence electrons. The van der Waals surface area contributed by atoms with E-state index >= 15 is 0 Å². The van der Waals surface area contributed by atoms with E-state index in [2.05, 4.69) is 15.9 Å². The Morgan fingerprint density at radius 1 is 1.16 bits per heavy atom. The smallest absolute Gasteiger partial charge is 0.271 e. The summed E-state index contributed by atoms with van der Waals surface area (Å²) in [6.45, 7) is 2.43. The Kier molecular flexibility index (Phi) is 8.76. The lowest BCUT2D eigenvalue weighted by Crippen LogP contribution is -2.27. The number of nitro benzene ring substituents is 1. The van der Waals surface area contributed by atoms with Crippen LogP contribution >= 0.6 is 63.1 Å². The lowest BCUT2D eigenvalue weighted by Gasteiger charge is -2.15. The Bertz CT molecular complexity index is 1450. The van der Waals surface area contributed by atoms with Crippen molar-refractivity contribution in [1.29, 1.82) is 0 Å². The molecular formula is C25H17BrCl2N2O5S2. The first-order chi connectivity index (χ1) is 17.7. The van der Waals surface area contributed by atoms with Crippen LogP contribution in [0.2, 0.25) is 10.0 Å². The number of carbonyl (C=O) groups excluding carboxylic acids is 1. The highest BCUT2D eigenvalue weighted by Gasteiger charge is 2.34. The van der Waals surface area contributed by atoms with E-state index in [4.69, 9.17) is 44.9 Å². The molecule has 1 heterocycles. The van der Waals surface area contributed by atoms with E-state index < -0.39 is 4.92 Å². The molecule has 3 aromatic carbocycles. The standard InChI is InChI=1S/C25H17BrCl2N2O5S2/c1-2-34-21-9-14(8-19(26)23(21)35-13-15-6-7-16(27)11-20(15)28)10-22-24(31)29(25(36)37-22)17-4-3-5-18(12-17)30(32)33/h3-12H,2,13H2,1H3/b22-10+. The number of carbonyl (C=O) groups is 1. The van der Waals surface area contributed by atoms with Gasteiger partial charge in [-0.3, -0.25) is 19.8 Å². The zero-order valence-electron chi connectivity index (χ0n) is 19.1. The van der Waals surface area contributed by atoms with Gasteiger partial charge in [-0.1, -0.05) is 59.3 Å². The van der Waals surface area contributed by atoms with Crippen molar-refractivity contribution in [1.82, 2.24) is 0 Å². The molecule has 1 fully saturated rings. The van der Waals surface area contributed by atoms with E-state index in [9.17, 15) is 14.9 Å². The Labute approximate surface area is 240 Å². The lowest BCUT2D eigenvalue weighted by molar-refractivity contribution is -0.384. The second-order valence-corrected chi connectivity index (χ2v) is 11.0. The van der Waals surface area contributed by atoms with Crippen LogP contribution in [0.4, 0.5) is 11.4 Å². The SMILES string of the molecule is CCOc1cc(/C=C2/SC(=S)N(c3cccc([N+](=O)[O-])c3)C2=O)cc(Br)c1OCc1ccc(Cl)cc1Cl. The fourth-order valence-electron chi connectivity index (χ4n) is 3.45. The summed E-state index contributed by atoms with van der Waals surface area (Å²) in [5.74, 6) is 0.582. The number of nitrogens with zero attached hydrogens (tertiary/aromatic N) is 2. The monoisotopic (exact) mass is 638 g/mol. The third-order valence-corrected chi connectivity index (χ3v) is 7.59. The van der Waals surface area contributed by atoms with Crippen LogP contribution in [0.25, 0.3) is 6.08 Å². The quantitative estimate of drug-likeness (QED) is 0.107. The van der Waals surface area contributed by atoms with Gasteiger partial charge in [0.2, 0.25) is 0 Å². The largest absolute Gasteiger partial charge is 0.490 e. The van der Waals surface area contributed by atoms with Gasteiger partial charge in [0.1, 0.15) is 6.61 Å². The molecule has 0 atom stereocenters. The van der Waals surface area contributed by atoms with Crippen LogP contribution in [-0.2, 0) is 11.4 Å². The molecule has 1 amide bonds. The first kappa shape index (κ1) is 27.4. The molecule has 7 nitrogen and oxygen atoms in total. The minimum Gasteiger partial charge on any atom is -0.490 e. The maximum Gasteiger partial charge on any atom is 0.271 e. The van der Waals surface area contributed by atoms with Crippen LogP contribution in [-0.4, -0.2) is 21.8 Å². The summed E-state index contributed by atoms with van der Waals surface area (Å²) in [7, 11) is 0. The molecule has 1 saturated heterocycles. The van der Waals surface area contributed by atoms with Crippen molar-refractivity contribution in [3.8, 4) is 11.5 Å². The van der Waals surface area contributed by atoms with E-state index in [1.165, 1.54) is 23.1 Å². The van der Waals surface area contributed by atoms with Crippen LogP contribution in [0.15, 0.2) is 64.0 Å². The van der Waals surface area contributed by atoms with E-state index in [1.54, 1.807) is 42.5 Å². The van der Waals surface area contributed by atoms with Gasteiger partial charge < -0.3 is 9.47 Å². The predicted molar refractivity (Wildman–Crippen MR) is 155 cm³/mol. The molecule has 0 radical (unpaired) electrons. The number of thioether (sulfide) groups is 1. The highest BCUT2D eigenvalue weighted by atomic mass is 79.9. The van der Waals surface area contributed by atoms with E-state index in [0.29, 0.717) is 48.8 Å². The number of hydrogen-bond donors (Lipinski definition) is 0. The number of halogens is 3. The topological polar surface area (TPSA) is 81.9 Å². The van der Waals surface area contributed by atoms with Crippen molar-refractivity contribution in [3.63, 3.8) is 0 Å². The molecule has 3 aromatic rings. The fraction of sp³-hybridized carbons (Fsp3) is 0.120. The van der Waals surface area contributed by atoms with Crippen LogP contribution in [0.5, 0.6) is 11.5 Å². The van der Waals surface area contributed by atoms with E-state index in [-0.39, 0.29) is 22.5 Å². The number of anilines is 1. The summed E-state index contributed by atoms with van der Waals surface area (Å²) in [6, 6.07) is 14.5. The number of rotatable bonds is 8. The molecule has 0 spiro atoms. The first-order valence-corrected chi connectivity index (χ1v) is 13.5. The Balaban J connectivity index is 1.61. The first-order valence-electron chi connectivity index (χ1n) is 10.7. The van der Waals surface area contributed by atoms with Crippen LogP contribution < -0.4 is 14.4 Å². The lowest BCUT2D eigenvalue weighted by atomic mass is 10.1. The summed E-state index contributed by atoms with van der Waals surface area (Å²) in [6.07, 6.45) is 1.68. The molecule has 0 aliphatic carbocycles. The molecule has 1 aliphatic rings. The van der Waals surface area contributed by atoms with Gasteiger partial charge in [0.25, 0.3) is 11.6 Å². The third-order valence-electron chi connectivity index (χ3n) is 5.11. The van der Waals surface area contributed by atoms with Gasteiger partial charge in [0, 0.05) is 27.7 Å². The van der Waals surface area contributed by atoms with Gasteiger partial charge in [0.05, 0.1) is 26.6 Å². The number of ether oxygens (including phenoxy) is 2. The summed E-state index contributed by atoms with van der Waals surface area (Å²) in [5.41, 5.74) is 1.64. The second kappa shape index (κ2) is 11.8. The summed E-state index contributed by atoms with van der Waals surface area (Å²) in [4.78, 5) is 25.5. The molecule has 0 bridgehead atoms. The highest BCUT2D eigenvalue weighted by Crippen LogP contribution is 2.41. The Morgan fingerprint density at radius 3 is 2.65 bits per heavy atom. The number of nitro groups is 1. The number of hydrogen-bond acceptors (Lipinski definition) is 7.